The summed E-state index contributed by atoms with van der Waals surface area (Å²) in [5.41, 5.74) is 8.43. The molecule has 0 saturated heterocycles. The van der Waals surface area contributed by atoms with Crippen molar-refractivity contribution >= 4 is 5.97 Å². The zero-order valence-corrected chi connectivity index (χ0v) is 11.0. The van der Waals surface area contributed by atoms with Gasteiger partial charge in [0, 0.05) is 0 Å². The van der Waals surface area contributed by atoms with E-state index in [2.05, 4.69) is 0 Å². The van der Waals surface area contributed by atoms with Gasteiger partial charge in [-0.3, -0.25) is 4.79 Å². The van der Waals surface area contributed by atoms with Gasteiger partial charge in [0.25, 0.3) is 0 Å². The summed E-state index contributed by atoms with van der Waals surface area (Å²) in [6, 6.07) is 13.8. The summed E-state index contributed by atoms with van der Waals surface area (Å²) in [6.07, 6.45) is 0.884. The lowest BCUT2D eigenvalue weighted by Gasteiger charge is -2.12. The molecule has 20 heavy (non-hydrogen) atoms. The molecule has 1 atom stereocenters. The lowest BCUT2D eigenvalue weighted by atomic mass is 9.95. The Balaban J connectivity index is 2.26. The highest BCUT2D eigenvalue weighted by Gasteiger charge is 2.15. The number of nitrogens with two attached hydrogens (primary N) is 1. The number of aliphatic carboxylic acids is 1. The van der Waals surface area contributed by atoms with Crippen LogP contribution in [0.5, 0.6) is 5.75 Å². The third kappa shape index (κ3) is 3.59. The molecule has 0 fully saturated rings. The Morgan fingerprint density at radius 2 is 1.80 bits per heavy atom. The van der Waals surface area contributed by atoms with Crippen molar-refractivity contribution in [1.82, 2.24) is 0 Å². The predicted molar refractivity (Wildman–Crippen MR) is 76.7 cm³/mol. The molecule has 0 aromatic heterocycles. The zero-order valence-electron chi connectivity index (χ0n) is 11.0. The first-order valence-corrected chi connectivity index (χ1v) is 6.39. The third-order valence-corrected chi connectivity index (χ3v) is 3.18. The Bertz CT molecular complexity index is 596. The molecule has 0 heterocycles. The molecule has 0 saturated carbocycles. The van der Waals surface area contributed by atoms with Crippen LogP contribution in [-0.4, -0.2) is 22.2 Å². The molecule has 0 radical (unpaired) electrons. The van der Waals surface area contributed by atoms with Crippen LogP contribution in [0.3, 0.4) is 0 Å². The van der Waals surface area contributed by atoms with E-state index in [0.29, 0.717) is 6.42 Å². The molecule has 4 N–H and O–H groups in total. The minimum atomic E-state index is -1.02. The number of aromatic hydroxyl groups is 1. The van der Waals surface area contributed by atoms with Gasteiger partial charge >= 0.3 is 5.97 Å². The Labute approximate surface area is 117 Å². The fourth-order valence-corrected chi connectivity index (χ4v) is 2.12. The number of carboxylic acid groups (broad SMARTS) is 1. The Hall–Kier alpha value is -2.33. The molecule has 2 aromatic carbocycles. The van der Waals surface area contributed by atoms with E-state index in [1.807, 2.05) is 30.3 Å². The van der Waals surface area contributed by atoms with Crippen LogP contribution in [-0.2, 0) is 17.6 Å². The van der Waals surface area contributed by atoms with Gasteiger partial charge in [-0.25, -0.2) is 0 Å². The molecular weight excluding hydrogens is 254 g/mol. The maximum atomic E-state index is 10.9. The van der Waals surface area contributed by atoms with E-state index < -0.39 is 12.0 Å². The number of phenols is 1. The van der Waals surface area contributed by atoms with E-state index in [1.165, 1.54) is 0 Å². The van der Waals surface area contributed by atoms with Crippen molar-refractivity contribution in [3.8, 4) is 5.75 Å². The fraction of sp³-hybridized carbons (Fsp3) is 0.188. The van der Waals surface area contributed by atoms with E-state index in [-0.39, 0.29) is 12.2 Å². The van der Waals surface area contributed by atoms with Gasteiger partial charge in [-0.15, -0.1) is 0 Å². The van der Waals surface area contributed by atoms with Crippen molar-refractivity contribution < 1.29 is 15.0 Å². The largest absolute Gasteiger partial charge is 0.508 e. The molecule has 0 bridgehead atoms. The summed E-state index contributed by atoms with van der Waals surface area (Å²) in [5, 5.41) is 18.5. The summed E-state index contributed by atoms with van der Waals surface area (Å²) < 4.78 is 0. The molecule has 0 aliphatic heterocycles. The molecule has 0 aliphatic rings. The van der Waals surface area contributed by atoms with Crippen molar-refractivity contribution in [2.24, 2.45) is 5.73 Å². The van der Waals surface area contributed by atoms with Gasteiger partial charge in [0.1, 0.15) is 11.8 Å². The summed E-state index contributed by atoms with van der Waals surface area (Å²) >= 11 is 0. The second-order valence-electron chi connectivity index (χ2n) is 4.76. The zero-order chi connectivity index (χ0) is 14.5. The molecule has 0 unspecified atom stereocenters. The average molecular weight is 271 g/mol. The van der Waals surface area contributed by atoms with E-state index in [1.54, 1.807) is 18.2 Å². The molecule has 4 heteroatoms. The third-order valence-electron chi connectivity index (χ3n) is 3.18. The molecular formula is C16H17NO3. The lowest BCUT2D eigenvalue weighted by molar-refractivity contribution is -0.138. The van der Waals surface area contributed by atoms with Crippen LogP contribution >= 0.6 is 0 Å². The monoisotopic (exact) mass is 271 g/mol. The average Bonchev–Trinajstić information content (AvgIpc) is 2.42. The number of carboxylic acids is 1. The molecule has 2 rings (SSSR count). The summed E-state index contributed by atoms with van der Waals surface area (Å²) in [4.78, 5) is 10.9. The standard InChI is InChI=1S/C16H17NO3/c17-15(16(19)20)10-12-6-7-14(18)9-13(12)8-11-4-2-1-3-5-11/h1-7,9,15,18H,8,10,17H2,(H,19,20)/t15-/m0/s1. The van der Waals surface area contributed by atoms with E-state index in [4.69, 9.17) is 10.8 Å². The van der Waals surface area contributed by atoms with E-state index >= 15 is 0 Å². The van der Waals surface area contributed by atoms with Crippen LogP contribution in [0.4, 0.5) is 0 Å². The highest BCUT2D eigenvalue weighted by Crippen LogP contribution is 2.21. The van der Waals surface area contributed by atoms with Gasteiger partial charge in [0.15, 0.2) is 0 Å². The number of carbonyl (C=O) groups is 1. The first kappa shape index (κ1) is 14.1. The smallest absolute Gasteiger partial charge is 0.320 e. The fourth-order valence-electron chi connectivity index (χ4n) is 2.12. The van der Waals surface area contributed by atoms with Crippen LogP contribution in [0.2, 0.25) is 0 Å². The molecule has 2 aromatic rings. The molecule has 4 nitrogen and oxygen atoms in total. The Morgan fingerprint density at radius 3 is 2.45 bits per heavy atom. The van der Waals surface area contributed by atoms with Crippen LogP contribution in [0.15, 0.2) is 48.5 Å². The highest BCUT2D eigenvalue weighted by atomic mass is 16.4. The maximum absolute atomic E-state index is 10.9. The first-order valence-electron chi connectivity index (χ1n) is 6.39. The number of rotatable bonds is 5. The second kappa shape index (κ2) is 6.21. The minimum Gasteiger partial charge on any atom is -0.508 e. The Morgan fingerprint density at radius 1 is 1.10 bits per heavy atom. The summed E-state index contributed by atoms with van der Waals surface area (Å²) in [7, 11) is 0. The second-order valence-corrected chi connectivity index (χ2v) is 4.76. The van der Waals surface area contributed by atoms with Gasteiger partial charge in [0.2, 0.25) is 0 Å². The van der Waals surface area contributed by atoms with E-state index in [9.17, 15) is 9.90 Å². The Kier molecular flexibility index (Phi) is 4.38. The quantitative estimate of drug-likeness (QED) is 0.776. The topological polar surface area (TPSA) is 83.5 Å². The lowest BCUT2D eigenvalue weighted by Crippen LogP contribution is -2.32. The van der Waals surface area contributed by atoms with Gasteiger partial charge < -0.3 is 15.9 Å². The molecule has 0 spiro atoms. The first-order chi connectivity index (χ1) is 9.56. The van der Waals surface area contributed by atoms with Gasteiger partial charge in [0.05, 0.1) is 0 Å². The molecule has 104 valence electrons. The predicted octanol–water partition coefficient (Wildman–Crippen LogP) is 1.94. The SMILES string of the molecule is N[C@@H](Cc1ccc(O)cc1Cc1ccccc1)C(=O)O. The summed E-state index contributed by atoms with van der Waals surface area (Å²) in [5.74, 6) is -0.854. The minimum absolute atomic E-state index is 0.170. The van der Waals surface area contributed by atoms with Gasteiger partial charge in [-0.2, -0.15) is 0 Å². The van der Waals surface area contributed by atoms with Gasteiger partial charge in [-0.1, -0.05) is 36.4 Å². The van der Waals surface area contributed by atoms with Crippen molar-refractivity contribution in [3.05, 3.63) is 65.2 Å². The normalized spacial score (nSPS) is 12.1. The maximum Gasteiger partial charge on any atom is 0.320 e. The summed E-state index contributed by atoms with van der Waals surface area (Å²) in [6.45, 7) is 0. The van der Waals surface area contributed by atoms with Crippen LogP contribution < -0.4 is 5.73 Å². The number of hydrogen-bond donors (Lipinski definition) is 3. The number of hydrogen-bond acceptors (Lipinski definition) is 3. The van der Waals surface area contributed by atoms with Gasteiger partial charge in [-0.05, 0) is 41.7 Å². The van der Waals surface area contributed by atoms with Crippen molar-refractivity contribution in [3.63, 3.8) is 0 Å². The number of benzene rings is 2. The van der Waals surface area contributed by atoms with Crippen LogP contribution in [0.25, 0.3) is 0 Å². The number of phenolic OH excluding ortho intramolecular Hbond substituents is 1. The van der Waals surface area contributed by atoms with Crippen molar-refractivity contribution in [2.75, 3.05) is 0 Å². The molecule has 0 amide bonds. The van der Waals surface area contributed by atoms with Crippen molar-refractivity contribution in [1.29, 1.82) is 0 Å². The molecule has 0 aliphatic carbocycles. The van der Waals surface area contributed by atoms with E-state index in [0.717, 1.165) is 16.7 Å². The van der Waals surface area contributed by atoms with Crippen LogP contribution in [0, 0.1) is 0 Å². The highest BCUT2D eigenvalue weighted by molar-refractivity contribution is 5.73. The van der Waals surface area contributed by atoms with Crippen molar-refractivity contribution in [2.45, 2.75) is 18.9 Å². The van der Waals surface area contributed by atoms with Crippen LogP contribution in [0.1, 0.15) is 16.7 Å².